The Morgan fingerprint density at radius 3 is 2.47 bits per heavy atom. The third-order valence-electron chi connectivity index (χ3n) is 4.96. The molecular formula is C23H28ClN3O3S2. The molecule has 0 unspecified atom stereocenters. The number of β-amino-alcohol motifs (C(OH)–C–C–N with tert-alkyl or cyclic N) is 1. The van der Waals surface area contributed by atoms with E-state index in [0.717, 1.165) is 28.9 Å². The Morgan fingerprint density at radius 2 is 1.88 bits per heavy atom. The highest BCUT2D eigenvalue weighted by Gasteiger charge is 2.21. The molecule has 3 N–H and O–H groups in total. The third-order valence-corrected chi connectivity index (χ3v) is 6.65. The summed E-state index contributed by atoms with van der Waals surface area (Å²) in [6.45, 7) is 6.47. The average Bonchev–Trinajstić information content (AvgIpc) is 3.13. The van der Waals surface area contributed by atoms with Crippen LogP contribution in [0.1, 0.15) is 36.1 Å². The van der Waals surface area contributed by atoms with Gasteiger partial charge < -0.3 is 10.4 Å². The highest BCUT2D eigenvalue weighted by Crippen LogP contribution is 2.27. The predicted molar refractivity (Wildman–Crippen MR) is 133 cm³/mol. The molecule has 0 fully saturated rings. The first-order valence-corrected chi connectivity index (χ1v) is 13.3. The van der Waals surface area contributed by atoms with E-state index in [1.807, 2.05) is 6.92 Å². The first-order valence-electron chi connectivity index (χ1n) is 10.1. The fourth-order valence-electron chi connectivity index (χ4n) is 3.38. The lowest BCUT2D eigenvalue weighted by molar-refractivity contribution is 0.161. The summed E-state index contributed by atoms with van der Waals surface area (Å²) in [4.78, 5) is 4.53. The molecule has 9 heteroatoms. The van der Waals surface area contributed by atoms with Crippen LogP contribution in [-0.2, 0) is 16.4 Å². The number of aliphatic hydroxyl groups excluding tert-OH is 1. The Morgan fingerprint density at radius 1 is 1.19 bits per heavy atom. The number of thiazole rings is 1. The third kappa shape index (κ3) is 7.02. The number of aromatic nitrogens is 1. The summed E-state index contributed by atoms with van der Waals surface area (Å²) in [5, 5.41) is 17.4. The van der Waals surface area contributed by atoms with Crippen molar-refractivity contribution >= 4 is 38.6 Å². The van der Waals surface area contributed by atoms with Gasteiger partial charge in [0.2, 0.25) is 10.0 Å². The number of benzene rings is 2. The van der Waals surface area contributed by atoms with Crippen LogP contribution in [-0.4, -0.2) is 36.8 Å². The molecule has 172 valence electrons. The molecule has 6 nitrogen and oxygen atoms in total. The SMILES string of the molecule is Cc1nc(-c2ccc(CC(C)(C)NC[C@H](O)c3ccc(Cl)c(NS(C)(=O)=O)c3)cc2)cs1. The summed E-state index contributed by atoms with van der Waals surface area (Å²) >= 11 is 7.71. The number of hydrogen-bond donors (Lipinski definition) is 3. The summed E-state index contributed by atoms with van der Waals surface area (Å²) in [6, 6.07) is 13.2. The van der Waals surface area contributed by atoms with Crippen LogP contribution in [0.4, 0.5) is 5.69 Å². The smallest absolute Gasteiger partial charge is 0.229 e. The monoisotopic (exact) mass is 493 g/mol. The predicted octanol–water partition coefficient (Wildman–Crippen LogP) is 4.79. The Labute approximate surface area is 198 Å². The summed E-state index contributed by atoms with van der Waals surface area (Å²) in [6.07, 6.45) is 1.01. The zero-order chi connectivity index (χ0) is 23.5. The van der Waals surface area contributed by atoms with Gasteiger partial charge in [-0.2, -0.15) is 0 Å². The fourth-order valence-corrected chi connectivity index (χ4v) is 4.79. The van der Waals surface area contributed by atoms with Gasteiger partial charge in [-0.3, -0.25) is 4.72 Å². The lowest BCUT2D eigenvalue weighted by Gasteiger charge is -2.28. The molecule has 1 atom stereocenters. The van der Waals surface area contributed by atoms with Gasteiger partial charge in [0, 0.05) is 23.0 Å². The van der Waals surface area contributed by atoms with E-state index in [-0.39, 0.29) is 16.2 Å². The van der Waals surface area contributed by atoms with Crippen molar-refractivity contribution in [2.45, 2.75) is 38.8 Å². The standard InChI is InChI=1S/C23H28ClN3O3S2/c1-15-26-21(14-31-15)17-7-5-16(6-8-17)12-23(2,3)25-13-22(28)18-9-10-19(24)20(11-18)27-32(4,29)30/h5-11,14,22,25,27-28H,12-13H2,1-4H3/t22-/m0/s1. The number of aliphatic hydroxyl groups is 1. The van der Waals surface area contributed by atoms with E-state index < -0.39 is 16.1 Å². The van der Waals surface area contributed by atoms with Crippen molar-refractivity contribution in [1.29, 1.82) is 0 Å². The second-order valence-corrected chi connectivity index (χ2v) is 11.7. The summed E-state index contributed by atoms with van der Waals surface area (Å²) in [7, 11) is -3.47. The second kappa shape index (κ2) is 9.89. The minimum atomic E-state index is -3.47. The van der Waals surface area contributed by atoms with Crippen molar-refractivity contribution in [2.75, 3.05) is 17.5 Å². The lowest BCUT2D eigenvalue weighted by atomic mass is 9.93. The van der Waals surface area contributed by atoms with Crippen molar-refractivity contribution < 1.29 is 13.5 Å². The molecule has 3 rings (SSSR count). The van der Waals surface area contributed by atoms with Crippen LogP contribution >= 0.6 is 22.9 Å². The first kappa shape index (κ1) is 24.7. The van der Waals surface area contributed by atoms with Crippen molar-refractivity contribution in [3.63, 3.8) is 0 Å². The molecule has 0 spiro atoms. The zero-order valence-electron chi connectivity index (χ0n) is 18.5. The molecule has 0 radical (unpaired) electrons. The molecule has 0 saturated heterocycles. The Balaban J connectivity index is 1.61. The van der Waals surface area contributed by atoms with Gasteiger partial charge in [0.15, 0.2) is 0 Å². The van der Waals surface area contributed by atoms with Crippen molar-refractivity contribution in [3.05, 3.63) is 69.0 Å². The zero-order valence-corrected chi connectivity index (χ0v) is 20.9. The van der Waals surface area contributed by atoms with Crippen LogP contribution in [0.5, 0.6) is 0 Å². The molecule has 0 aliphatic carbocycles. The summed E-state index contributed by atoms with van der Waals surface area (Å²) in [5.74, 6) is 0. The van der Waals surface area contributed by atoms with Crippen molar-refractivity contribution in [1.82, 2.24) is 10.3 Å². The fraction of sp³-hybridized carbons (Fsp3) is 0.348. The van der Waals surface area contributed by atoms with Gasteiger partial charge in [-0.25, -0.2) is 13.4 Å². The van der Waals surface area contributed by atoms with Gasteiger partial charge in [0.25, 0.3) is 0 Å². The number of sulfonamides is 1. The molecule has 0 amide bonds. The summed E-state index contributed by atoms with van der Waals surface area (Å²) in [5.41, 5.74) is 3.83. The number of nitrogens with one attached hydrogen (secondary N) is 2. The highest BCUT2D eigenvalue weighted by atomic mass is 35.5. The van der Waals surface area contributed by atoms with Crippen LogP contribution in [0.25, 0.3) is 11.3 Å². The maximum Gasteiger partial charge on any atom is 0.229 e. The van der Waals surface area contributed by atoms with E-state index >= 15 is 0 Å². The first-order chi connectivity index (χ1) is 14.9. The number of nitrogens with zero attached hydrogens (tertiary/aromatic N) is 1. The highest BCUT2D eigenvalue weighted by molar-refractivity contribution is 7.92. The topological polar surface area (TPSA) is 91.3 Å². The molecule has 1 aromatic heterocycles. The average molecular weight is 494 g/mol. The number of aryl methyl sites for hydroxylation is 1. The van der Waals surface area contributed by atoms with Crippen LogP contribution in [0, 0.1) is 6.92 Å². The number of hydrogen-bond acceptors (Lipinski definition) is 6. The molecule has 32 heavy (non-hydrogen) atoms. The van der Waals surface area contributed by atoms with Crippen molar-refractivity contribution in [3.8, 4) is 11.3 Å². The molecule has 3 aromatic rings. The Kier molecular flexibility index (Phi) is 7.62. The minimum absolute atomic E-state index is 0.250. The lowest BCUT2D eigenvalue weighted by Crippen LogP contribution is -2.43. The van der Waals surface area contributed by atoms with Crippen LogP contribution in [0.15, 0.2) is 47.8 Å². The van der Waals surface area contributed by atoms with E-state index in [9.17, 15) is 13.5 Å². The van der Waals surface area contributed by atoms with E-state index in [1.165, 1.54) is 5.56 Å². The maximum atomic E-state index is 11.5. The van der Waals surface area contributed by atoms with Crippen LogP contribution in [0.2, 0.25) is 5.02 Å². The quantitative estimate of drug-likeness (QED) is 0.398. The van der Waals surface area contributed by atoms with Gasteiger partial charge in [-0.05, 0) is 50.5 Å². The summed E-state index contributed by atoms with van der Waals surface area (Å²) < 4.78 is 25.4. The van der Waals surface area contributed by atoms with Gasteiger partial charge in [-0.15, -0.1) is 11.3 Å². The molecule has 2 aromatic carbocycles. The van der Waals surface area contributed by atoms with Gasteiger partial charge in [-0.1, -0.05) is 41.9 Å². The Bertz CT molecular complexity index is 1180. The molecular weight excluding hydrogens is 466 g/mol. The largest absolute Gasteiger partial charge is 0.387 e. The second-order valence-electron chi connectivity index (χ2n) is 8.52. The number of rotatable bonds is 9. The van der Waals surface area contributed by atoms with E-state index in [0.29, 0.717) is 12.1 Å². The van der Waals surface area contributed by atoms with Crippen LogP contribution < -0.4 is 10.0 Å². The molecule has 1 heterocycles. The van der Waals surface area contributed by atoms with Gasteiger partial charge in [0.05, 0.1) is 33.8 Å². The normalized spacial score (nSPS) is 13.2. The minimum Gasteiger partial charge on any atom is -0.387 e. The molecule has 0 bridgehead atoms. The van der Waals surface area contributed by atoms with E-state index in [1.54, 1.807) is 29.5 Å². The Hall–Kier alpha value is -1.97. The van der Waals surface area contributed by atoms with Gasteiger partial charge >= 0.3 is 0 Å². The van der Waals surface area contributed by atoms with E-state index in [2.05, 4.69) is 58.5 Å². The number of halogens is 1. The molecule has 0 aliphatic rings. The van der Waals surface area contributed by atoms with Gasteiger partial charge in [0.1, 0.15) is 0 Å². The molecule has 0 aliphatic heterocycles. The van der Waals surface area contributed by atoms with E-state index in [4.69, 9.17) is 11.6 Å². The van der Waals surface area contributed by atoms with Crippen LogP contribution in [0.3, 0.4) is 0 Å². The molecule has 0 saturated carbocycles. The number of anilines is 1. The maximum absolute atomic E-state index is 11.5. The van der Waals surface area contributed by atoms with Crippen molar-refractivity contribution in [2.24, 2.45) is 0 Å².